The van der Waals surface area contributed by atoms with Crippen LogP contribution in [0, 0.1) is 17.8 Å². The average Bonchev–Trinajstić information content (AvgIpc) is 2.46. The van der Waals surface area contributed by atoms with Crippen LogP contribution in [0.2, 0.25) is 0 Å². The standard InChI is InChI=1S/C17H28O2/c1-13(18)7-12-17(19)16-10-8-15(9-11-16)14-5-3-2-4-6-14/h14-16H,2-12H2,1H3. The number of hydrogen-bond donors (Lipinski definition) is 0. The van der Waals surface area contributed by atoms with Crippen molar-refractivity contribution in [1.82, 2.24) is 0 Å². The van der Waals surface area contributed by atoms with Gasteiger partial charge < -0.3 is 4.79 Å². The first-order valence-electron chi connectivity index (χ1n) is 8.19. The van der Waals surface area contributed by atoms with Gasteiger partial charge in [-0.05, 0) is 44.4 Å². The summed E-state index contributed by atoms with van der Waals surface area (Å²) in [7, 11) is 0. The van der Waals surface area contributed by atoms with Crippen LogP contribution in [0.5, 0.6) is 0 Å². The van der Waals surface area contributed by atoms with E-state index in [1.54, 1.807) is 6.92 Å². The van der Waals surface area contributed by atoms with Crippen LogP contribution < -0.4 is 0 Å². The summed E-state index contributed by atoms with van der Waals surface area (Å²) in [6.07, 6.45) is 12.7. The SMILES string of the molecule is CC(=O)CCC(=O)C1CCC(C2CCCCC2)CC1. The van der Waals surface area contributed by atoms with E-state index in [2.05, 4.69) is 0 Å². The molecule has 0 aromatic rings. The van der Waals surface area contributed by atoms with E-state index < -0.39 is 0 Å². The molecule has 0 unspecified atom stereocenters. The van der Waals surface area contributed by atoms with Crippen molar-refractivity contribution in [3.8, 4) is 0 Å². The van der Waals surface area contributed by atoms with Crippen molar-refractivity contribution in [3.63, 3.8) is 0 Å². The zero-order valence-electron chi connectivity index (χ0n) is 12.3. The predicted octanol–water partition coefficient (Wildman–Crippen LogP) is 4.31. The van der Waals surface area contributed by atoms with Gasteiger partial charge in [0.1, 0.15) is 11.6 Å². The van der Waals surface area contributed by atoms with Crippen molar-refractivity contribution in [2.45, 2.75) is 77.6 Å². The Bertz CT molecular complexity index is 307. The van der Waals surface area contributed by atoms with E-state index in [-0.39, 0.29) is 11.7 Å². The summed E-state index contributed by atoms with van der Waals surface area (Å²) in [5, 5.41) is 0. The van der Waals surface area contributed by atoms with Crippen LogP contribution >= 0.6 is 0 Å². The van der Waals surface area contributed by atoms with Crippen molar-refractivity contribution in [1.29, 1.82) is 0 Å². The fraction of sp³-hybridized carbons (Fsp3) is 0.882. The Kier molecular flexibility index (Phi) is 5.59. The first-order chi connectivity index (χ1) is 9.16. The summed E-state index contributed by atoms with van der Waals surface area (Å²) in [6, 6.07) is 0. The Morgan fingerprint density at radius 2 is 1.37 bits per heavy atom. The summed E-state index contributed by atoms with van der Waals surface area (Å²) in [4.78, 5) is 23.0. The number of hydrogen-bond acceptors (Lipinski definition) is 2. The quantitative estimate of drug-likeness (QED) is 0.741. The fourth-order valence-electron chi connectivity index (χ4n) is 4.02. The molecule has 0 saturated heterocycles. The summed E-state index contributed by atoms with van der Waals surface area (Å²) in [6.45, 7) is 1.58. The molecule has 2 fully saturated rings. The number of carbonyl (C=O) groups excluding carboxylic acids is 2. The molecule has 0 radical (unpaired) electrons. The lowest BCUT2D eigenvalue weighted by molar-refractivity contribution is -0.127. The molecule has 2 aliphatic carbocycles. The van der Waals surface area contributed by atoms with E-state index in [0.29, 0.717) is 18.6 Å². The normalized spacial score (nSPS) is 29.1. The third-order valence-electron chi connectivity index (χ3n) is 5.27. The topological polar surface area (TPSA) is 34.1 Å². The maximum Gasteiger partial charge on any atom is 0.136 e. The largest absolute Gasteiger partial charge is 0.300 e. The van der Waals surface area contributed by atoms with Gasteiger partial charge >= 0.3 is 0 Å². The van der Waals surface area contributed by atoms with E-state index in [4.69, 9.17) is 0 Å². The Balaban J connectivity index is 1.72. The molecule has 0 spiro atoms. The number of Topliss-reactive ketones (excluding diaryl/α,β-unsaturated/α-hetero) is 2. The van der Waals surface area contributed by atoms with Gasteiger partial charge in [0.2, 0.25) is 0 Å². The molecular weight excluding hydrogens is 236 g/mol. The van der Waals surface area contributed by atoms with Crippen molar-refractivity contribution in [2.24, 2.45) is 17.8 Å². The smallest absolute Gasteiger partial charge is 0.136 e. The van der Waals surface area contributed by atoms with Gasteiger partial charge in [0.15, 0.2) is 0 Å². The molecule has 0 amide bonds. The van der Waals surface area contributed by atoms with Gasteiger partial charge in [0.05, 0.1) is 0 Å². The molecule has 108 valence electrons. The fourth-order valence-corrected chi connectivity index (χ4v) is 4.02. The minimum atomic E-state index is 0.143. The first kappa shape index (κ1) is 14.7. The van der Waals surface area contributed by atoms with Crippen LogP contribution in [-0.4, -0.2) is 11.6 Å². The third kappa shape index (κ3) is 4.43. The molecule has 2 heteroatoms. The molecule has 2 nitrogen and oxygen atoms in total. The van der Waals surface area contributed by atoms with E-state index in [1.165, 1.54) is 44.9 Å². The maximum atomic E-state index is 12.0. The van der Waals surface area contributed by atoms with E-state index in [0.717, 1.165) is 24.7 Å². The summed E-state index contributed by atoms with van der Waals surface area (Å²) in [5.74, 6) is 2.58. The molecule has 0 aromatic carbocycles. The highest BCUT2D eigenvalue weighted by Gasteiger charge is 2.30. The Hall–Kier alpha value is -0.660. The number of rotatable bonds is 5. The molecule has 0 aliphatic heterocycles. The summed E-state index contributed by atoms with van der Waals surface area (Å²) < 4.78 is 0. The minimum absolute atomic E-state index is 0.143. The third-order valence-corrected chi connectivity index (χ3v) is 5.27. The number of carbonyl (C=O) groups is 2. The molecule has 0 bridgehead atoms. The van der Waals surface area contributed by atoms with Gasteiger partial charge in [-0.15, -0.1) is 0 Å². The Labute approximate surface area is 117 Å². The van der Waals surface area contributed by atoms with E-state index in [9.17, 15) is 9.59 Å². The highest BCUT2D eigenvalue weighted by atomic mass is 16.1. The lowest BCUT2D eigenvalue weighted by Gasteiger charge is -2.35. The highest BCUT2D eigenvalue weighted by Crippen LogP contribution is 2.40. The van der Waals surface area contributed by atoms with E-state index >= 15 is 0 Å². The lowest BCUT2D eigenvalue weighted by Crippen LogP contribution is -2.27. The number of ketones is 2. The van der Waals surface area contributed by atoms with Crippen LogP contribution in [0.25, 0.3) is 0 Å². The Morgan fingerprint density at radius 1 is 0.789 bits per heavy atom. The van der Waals surface area contributed by atoms with Crippen molar-refractivity contribution < 1.29 is 9.59 Å². The predicted molar refractivity (Wildman–Crippen MR) is 76.9 cm³/mol. The monoisotopic (exact) mass is 264 g/mol. The second-order valence-corrected chi connectivity index (χ2v) is 6.68. The molecule has 0 aromatic heterocycles. The first-order valence-corrected chi connectivity index (χ1v) is 8.19. The lowest BCUT2D eigenvalue weighted by atomic mass is 9.70. The molecule has 0 N–H and O–H groups in total. The second kappa shape index (κ2) is 7.21. The van der Waals surface area contributed by atoms with Gasteiger partial charge in [-0.2, -0.15) is 0 Å². The van der Waals surface area contributed by atoms with Crippen LogP contribution in [0.4, 0.5) is 0 Å². The molecular formula is C17H28O2. The molecule has 0 atom stereocenters. The van der Waals surface area contributed by atoms with Gasteiger partial charge in [-0.1, -0.05) is 32.1 Å². The zero-order chi connectivity index (χ0) is 13.7. The molecule has 19 heavy (non-hydrogen) atoms. The van der Waals surface area contributed by atoms with Gasteiger partial charge in [-0.25, -0.2) is 0 Å². The van der Waals surface area contributed by atoms with Gasteiger partial charge in [0.25, 0.3) is 0 Å². The summed E-state index contributed by atoms with van der Waals surface area (Å²) in [5.41, 5.74) is 0. The van der Waals surface area contributed by atoms with Crippen LogP contribution in [0.1, 0.15) is 77.6 Å². The minimum Gasteiger partial charge on any atom is -0.300 e. The van der Waals surface area contributed by atoms with Crippen LogP contribution in [0.3, 0.4) is 0 Å². The molecule has 2 aliphatic rings. The second-order valence-electron chi connectivity index (χ2n) is 6.68. The maximum absolute atomic E-state index is 12.0. The van der Waals surface area contributed by atoms with Gasteiger partial charge in [-0.3, -0.25) is 4.79 Å². The average molecular weight is 264 g/mol. The van der Waals surface area contributed by atoms with Crippen LogP contribution in [0.15, 0.2) is 0 Å². The van der Waals surface area contributed by atoms with Crippen LogP contribution in [-0.2, 0) is 9.59 Å². The van der Waals surface area contributed by atoms with Crippen molar-refractivity contribution in [3.05, 3.63) is 0 Å². The van der Waals surface area contributed by atoms with Gasteiger partial charge in [0, 0.05) is 18.8 Å². The van der Waals surface area contributed by atoms with Crippen molar-refractivity contribution >= 4 is 11.6 Å². The van der Waals surface area contributed by atoms with E-state index in [1.807, 2.05) is 0 Å². The molecule has 2 rings (SSSR count). The highest BCUT2D eigenvalue weighted by molar-refractivity contribution is 5.86. The molecule has 2 saturated carbocycles. The molecule has 0 heterocycles. The zero-order valence-corrected chi connectivity index (χ0v) is 12.3. The summed E-state index contributed by atoms with van der Waals surface area (Å²) >= 11 is 0. The Morgan fingerprint density at radius 3 is 1.95 bits per heavy atom. The van der Waals surface area contributed by atoms with Crippen molar-refractivity contribution in [2.75, 3.05) is 0 Å².